The molecule has 3 N–H and O–H groups in total. The van der Waals surface area contributed by atoms with Gasteiger partial charge >= 0.3 is 0 Å². The summed E-state index contributed by atoms with van der Waals surface area (Å²) in [6.07, 6.45) is -0.113. The minimum atomic E-state index is -0.520. The number of nitrogens with one attached hydrogen (secondary N) is 3. The highest BCUT2D eigenvalue weighted by Crippen LogP contribution is 2.26. The summed E-state index contributed by atoms with van der Waals surface area (Å²) >= 11 is 0. The molecule has 1 aromatic carbocycles. The van der Waals surface area contributed by atoms with Crippen LogP contribution < -0.4 is 20.9 Å². The van der Waals surface area contributed by atoms with Crippen LogP contribution in [0.4, 0.5) is 11.5 Å². The molecule has 0 saturated carbocycles. The van der Waals surface area contributed by atoms with Crippen molar-refractivity contribution in [2.24, 2.45) is 0 Å². The Hall–Kier alpha value is -2.87. The lowest BCUT2D eigenvalue weighted by molar-refractivity contribution is -0.125. The molecule has 0 aliphatic carbocycles. The van der Waals surface area contributed by atoms with Gasteiger partial charge in [-0.3, -0.25) is 14.9 Å². The van der Waals surface area contributed by atoms with E-state index in [1.807, 2.05) is 44.1 Å². The van der Waals surface area contributed by atoms with Gasteiger partial charge in [0.2, 0.25) is 5.91 Å². The number of aromatic nitrogens is 2. The SMILES string of the molecule is CC1CC(=O)NC(n2nc(C(C)(C)C)cc2NC(=O)c2ccc(N(C)C)cc2)N1. The number of carbonyl (C=O) groups is 2. The summed E-state index contributed by atoms with van der Waals surface area (Å²) in [5.74, 6) is 0.251. The van der Waals surface area contributed by atoms with Crippen molar-refractivity contribution >= 4 is 23.3 Å². The molecule has 2 heterocycles. The molecule has 0 spiro atoms. The van der Waals surface area contributed by atoms with Gasteiger partial charge in [-0.15, -0.1) is 0 Å². The molecule has 2 aromatic rings. The van der Waals surface area contributed by atoms with Crippen LogP contribution in [-0.2, 0) is 10.2 Å². The van der Waals surface area contributed by atoms with Crippen LogP contribution in [0.3, 0.4) is 0 Å². The maximum atomic E-state index is 12.8. The van der Waals surface area contributed by atoms with Crippen molar-refractivity contribution < 1.29 is 9.59 Å². The van der Waals surface area contributed by atoms with Crippen LogP contribution in [0.15, 0.2) is 30.3 Å². The second kappa shape index (κ2) is 7.87. The molecule has 8 nitrogen and oxygen atoms in total. The molecule has 29 heavy (non-hydrogen) atoms. The Morgan fingerprint density at radius 1 is 1.24 bits per heavy atom. The van der Waals surface area contributed by atoms with E-state index in [0.29, 0.717) is 17.8 Å². The second-order valence-electron chi connectivity index (χ2n) is 8.75. The lowest BCUT2D eigenvalue weighted by Gasteiger charge is -2.30. The van der Waals surface area contributed by atoms with E-state index in [2.05, 4.69) is 41.8 Å². The molecule has 1 aromatic heterocycles. The summed E-state index contributed by atoms with van der Waals surface area (Å²) in [5, 5.41) is 13.8. The molecule has 2 amide bonds. The van der Waals surface area contributed by atoms with Gasteiger partial charge in [-0.2, -0.15) is 5.10 Å². The normalized spacial score (nSPS) is 19.6. The first-order chi connectivity index (χ1) is 13.5. The first-order valence-electron chi connectivity index (χ1n) is 9.79. The van der Waals surface area contributed by atoms with Crippen LogP contribution >= 0.6 is 0 Å². The lowest BCUT2D eigenvalue weighted by Crippen LogP contribution is -2.52. The fourth-order valence-electron chi connectivity index (χ4n) is 3.14. The van der Waals surface area contributed by atoms with Crippen LogP contribution in [0, 0.1) is 0 Å². The topological polar surface area (TPSA) is 91.3 Å². The van der Waals surface area contributed by atoms with E-state index in [1.165, 1.54) is 0 Å². The van der Waals surface area contributed by atoms with Gasteiger partial charge in [0.15, 0.2) is 6.29 Å². The number of anilines is 2. The summed E-state index contributed by atoms with van der Waals surface area (Å²) in [4.78, 5) is 26.8. The predicted octanol–water partition coefficient (Wildman–Crippen LogP) is 2.45. The number of nitrogens with zero attached hydrogens (tertiary/aromatic N) is 3. The molecular formula is C21H30N6O2. The molecule has 1 aliphatic heterocycles. The fourth-order valence-corrected chi connectivity index (χ4v) is 3.14. The van der Waals surface area contributed by atoms with E-state index in [1.54, 1.807) is 16.8 Å². The highest BCUT2D eigenvalue weighted by atomic mass is 16.2. The van der Waals surface area contributed by atoms with E-state index in [9.17, 15) is 9.59 Å². The lowest BCUT2D eigenvalue weighted by atomic mass is 9.92. The third kappa shape index (κ3) is 4.76. The molecule has 0 radical (unpaired) electrons. The summed E-state index contributed by atoms with van der Waals surface area (Å²) < 4.78 is 1.64. The third-order valence-corrected chi connectivity index (χ3v) is 4.87. The first-order valence-corrected chi connectivity index (χ1v) is 9.79. The van der Waals surface area contributed by atoms with E-state index in [0.717, 1.165) is 11.4 Å². The average Bonchev–Trinajstić information content (AvgIpc) is 3.05. The van der Waals surface area contributed by atoms with Crippen molar-refractivity contribution in [3.63, 3.8) is 0 Å². The Bertz CT molecular complexity index is 895. The van der Waals surface area contributed by atoms with Gasteiger partial charge in [-0.1, -0.05) is 20.8 Å². The van der Waals surface area contributed by atoms with Crippen LogP contribution in [-0.4, -0.2) is 41.7 Å². The number of benzene rings is 1. The van der Waals surface area contributed by atoms with E-state index >= 15 is 0 Å². The smallest absolute Gasteiger partial charge is 0.256 e. The molecule has 156 valence electrons. The monoisotopic (exact) mass is 398 g/mol. The summed E-state index contributed by atoms with van der Waals surface area (Å²) in [7, 11) is 3.90. The Morgan fingerprint density at radius 3 is 2.45 bits per heavy atom. The van der Waals surface area contributed by atoms with Gasteiger partial charge < -0.3 is 15.5 Å². The maximum Gasteiger partial charge on any atom is 0.256 e. The van der Waals surface area contributed by atoms with Crippen LogP contribution in [0.25, 0.3) is 0 Å². The van der Waals surface area contributed by atoms with Gasteiger partial charge in [0.1, 0.15) is 5.82 Å². The predicted molar refractivity (Wildman–Crippen MR) is 114 cm³/mol. The van der Waals surface area contributed by atoms with Crippen molar-refractivity contribution in [1.82, 2.24) is 20.4 Å². The number of amides is 2. The van der Waals surface area contributed by atoms with Gasteiger partial charge in [-0.25, -0.2) is 4.68 Å². The fraction of sp³-hybridized carbons (Fsp3) is 0.476. The van der Waals surface area contributed by atoms with E-state index in [-0.39, 0.29) is 23.3 Å². The Labute approximate surface area is 171 Å². The second-order valence-corrected chi connectivity index (χ2v) is 8.75. The molecule has 3 rings (SSSR count). The van der Waals surface area contributed by atoms with Crippen molar-refractivity contribution in [2.75, 3.05) is 24.3 Å². The summed E-state index contributed by atoms with van der Waals surface area (Å²) in [6.45, 7) is 8.12. The molecular weight excluding hydrogens is 368 g/mol. The van der Waals surface area contributed by atoms with Gasteiger partial charge in [-0.05, 0) is 31.2 Å². The minimum absolute atomic E-state index is 0.0122. The highest BCUT2D eigenvalue weighted by molar-refractivity contribution is 6.04. The Morgan fingerprint density at radius 2 is 1.90 bits per heavy atom. The Balaban J connectivity index is 1.89. The quantitative estimate of drug-likeness (QED) is 0.736. The van der Waals surface area contributed by atoms with E-state index in [4.69, 9.17) is 0 Å². The van der Waals surface area contributed by atoms with Crippen molar-refractivity contribution in [3.8, 4) is 0 Å². The maximum absolute atomic E-state index is 12.8. The highest BCUT2D eigenvalue weighted by Gasteiger charge is 2.29. The molecule has 1 saturated heterocycles. The Kier molecular flexibility index (Phi) is 5.66. The number of carbonyl (C=O) groups excluding carboxylic acids is 2. The molecule has 0 bridgehead atoms. The number of hydrogen-bond acceptors (Lipinski definition) is 5. The third-order valence-electron chi connectivity index (χ3n) is 4.87. The standard InChI is InChI=1S/C21H30N6O2/c1-13-11-18(28)24-20(22-13)27-17(12-16(25-27)21(2,3)4)23-19(29)14-7-9-15(10-8-14)26(5)6/h7-10,12-13,20,22H,11H2,1-6H3,(H,23,29)(H,24,28). The first kappa shape index (κ1) is 20.9. The minimum Gasteiger partial charge on any atom is -0.378 e. The number of hydrogen-bond donors (Lipinski definition) is 3. The summed E-state index contributed by atoms with van der Waals surface area (Å²) in [6, 6.07) is 9.25. The molecule has 2 atom stereocenters. The zero-order chi connectivity index (χ0) is 21.3. The zero-order valence-electron chi connectivity index (χ0n) is 17.9. The van der Waals surface area contributed by atoms with E-state index < -0.39 is 6.29 Å². The van der Waals surface area contributed by atoms with Gasteiger partial charge in [0, 0.05) is 49.3 Å². The average molecular weight is 399 g/mol. The van der Waals surface area contributed by atoms with Crippen molar-refractivity contribution in [2.45, 2.75) is 51.9 Å². The van der Waals surface area contributed by atoms with Gasteiger partial charge in [0.05, 0.1) is 5.69 Å². The van der Waals surface area contributed by atoms with Crippen LogP contribution in [0.5, 0.6) is 0 Å². The zero-order valence-corrected chi connectivity index (χ0v) is 17.9. The molecule has 1 fully saturated rings. The molecule has 2 unspecified atom stereocenters. The van der Waals surface area contributed by atoms with Crippen LogP contribution in [0.1, 0.15) is 56.5 Å². The number of rotatable bonds is 4. The molecule has 1 aliphatic rings. The van der Waals surface area contributed by atoms with Crippen molar-refractivity contribution in [3.05, 3.63) is 41.6 Å². The van der Waals surface area contributed by atoms with Crippen molar-refractivity contribution in [1.29, 1.82) is 0 Å². The summed E-state index contributed by atoms with van der Waals surface area (Å²) in [5.41, 5.74) is 2.19. The largest absolute Gasteiger partial charge is 0.378 e. The molecule has 8 heteroatoms. The van der Waals surface area contributed by atoms with Crippen LogP contribution in [0.2, 0.25) is 0 Å². The van der Waals surface area contributed by atoms with Gasteiger partial charge in [0.25, 0.3) is 5.91 Å².